The molecule has 3 rings (SSSR count). The van der Waals surface area contributed by atoms with Gasteiger partial charge in [0.15, 0.2) is 11.5 Å². The first kappa shape index (κ1) is 19.9. The molecule has 8 heteroatoms. The molecule has 1 aromatic heterocycles. The summed E-state index contributed by atoms with van der Waals surface area (Å²) in [6.07, 6.45) is 0.254. The molecule has 0 atom stereocenters. The number of aromatic nitrogens is 2. The van der Waals surface area contributed by atoms with E-state index in [4.69, 9.17) is 15.2 Å². The van der Waals surface area contributed by atoms with Gasteiger partial charge in [-0.1, -0.05) is 13.8 Å². The second-order valence-corrected chi connectivity index (χ2v) is 6.74. The Morgan fingerprint density at radius 1 is 1.31 bits per heavy atom. The largest absolute Gasteiger partial charge is 0.454 e. The Morgan fingerprint density at radius 2 is 1.96 bits per heavy atom. The van der Waals surface area contributed by atoms with Crippen molar-refractivity contribution in [3.8, 4) is 11.5 Å². The molecule has 0 saturated carbocycles. The predicted octanol–water partition coefficient (Wildman–Crippen LogP) is 3.07. The number of amides is 1. The molecule has 2 heterocycles. The maximum absolute atomic E-state index is 12.5. The van der Waals surface area contributed by atoms with E-state index in [9.17, 15) is 4.79 Å². The van der Waals surface area contributed by atoms with Gasteiger partial charge < -0.3 is 20.5 Å². The quantitative estimate of drug-likeness (QED) is 0.778. The van der Waals surface area contributed by atoms with Gasteiger partial charge in [0.05, 0.1) is 23.5 Å². The molecule has 1 aliphatic heterocycles. The van der Waals surface area contributed by atoms with Crippen molar-refractivity contribution in [2.45, 2.75) is 40.7 Å². The fourth-order valence-electron chi connectivity index (χ4n) is 2.93. The van der Waals surface area contributed by atoms with Crippen LogP contribution in [0, 0.1) is 19.8 Å². The molecule has 7 nitrogen and oxygen atoms in total. The zero-order chi connectivity index (χ0) is 18.1. The number of aryl methyl sites for hydroxylation is 1. The van der Waals surface area contributed by atoms with Gasteiger partial charge >= 0.3 is 0 Å². The van der Waals surface area contributed by atoms with E-state index in [0.29, 0.717) is 28.8 Å². The number of carbonyl (C=O) groups is 1. The summed E-state index contributed by atoms with van der Waals surface area (Å²) >= 11 is 0. The van der Waals surface area contributed by atoms with Crippen molar-refractivity contribution in [3.05, 3.63) is 29.1 Å². The number of hydrogen-bond donors (Lipinski definition) is 2. The van der Waals surface area contributed by atoms with Gasteiger partial charge in [0, 0.05) is 29.9 Å². The van der Waals surface area contributed by atoms with E-state index in [1.807, 2.05) is 18.5 Å². The molecule has 26 heavy (non-hydrogen) atoms. The second-order valence-electron chi connectivity index (χ2n) is 6.74. The number of nitrogens with zero attached hydrogens (tertiary/aromatic N) is 2. The summed E-state index contributed by atoms with van der Waals surface area (Å²) < 4.78 is 12.6. The van der Waals surface area contributed by atoms with Crippen molar-refractivity contribution in [2.75, 3.05) is 17.8 Å². The smallest absolute Gasteiger partial charge is 0.231 e. The first-order valence-corrected chi connectivity index (χ1v) is 8.37. The number of nitrogens with two attached hydrogens (primary N) is 1. The zero-order valence-corrected chi connectivity index (χ0v) is 16.3. The van der Waals surface area contributed by atoms with Gasteiger partial charge in [-0.05, 0) is 19.8 Å². The lowest BCUT2D eigenvalue weighted by Gasteiger charge is -2.10. The SMILES string of the molecule is Cc1nn(CC(C)C)c(C)c1CC(=O)Nc1cc2c(cc1N)OCO2.Cl. The Labute approximate surface area is 159 Å². The minimum Gasteiger partial charge on any atom is -0.454 e. The molecule has 0 saturated heterocycles. The van der Waals surface area contributed by atoms with E-state index in [-0.39, 0.29) is 31.5 Å². The Hall–Kier alpha value is -2.41. The minimum absolute atomic E-state index is 0. The normalized spacial score (nSPS) is 12.2. The Morgan fingerprint density at radius 3 is 2.62 bits per heavy atom. The number of anilines is 2. The summed E-state index contributed by atoms with van der Waals surface area (Å²) in [5.41, 5.74) is 9.83. The highest BCUT2D eigenvalue weighted by molar-refractivity contribution is 5.96. The Balaban J connectivity index is 0.00000243. The first-order chi connectivity index (χ1) is 11.8. The van der Waals surface area contributed by atoms with Crippen LogP contribution in [-0.2, 0) is 17.8 Å². The van der Waals surface area contributed by atoms with Crippen LogP contribution in [0.4, 0.5) is 11.4 Å². The molecule has 0 unspecified atom stereocenters. The lowest BCUT2D eigenvalue weighted by Crippen LogP contribution is -2.16. The van der Waals surface area contributed by atoms with Crippen molar-refractivity contribution >= 4 is 29.7 Å². The number of carbonyl (C=O) groups excluding carboxylic acids is 1. The maximum atomic E-state index is 12.5. The van der Waals surface area contributed by atoms with Crippen LogP contribution in [0.25, 0.3) is 0 Å². The van der Waals surface area contributed by atoms with Crippen molar-refractivity contribution < 1.29 is 14.3 Å². The van der Waals surface area contributed by atoms with Gasteiger partial charge in [0.25, 0.3) is 0 Å². The number of benzene rings is 1. The molecular formula is C18H25ClN4O3. The van der Waals surface area contributed by atoms with E-state index in [0.717, 1.165) is 23.5 Å². The van der Waals surface area contributed by atoms with Gasteiger partial charge in [-0.15, -0.1) is 12.4 Å². The fraction of sp³-hybridized carbons (Fsp3) is 0.444. The van der Waals surface area contributed by atoms with E-state index < -0.39 is 0 Å². The first-order valence-electron chi connectivity index (χ1n) is 8.37. The van der Waals surface area contributed by atoms with Crippen molar-refractivity contribution in [3.63, 3.8) is 0 Å². The summed E-state index contributed by atoms with van der Waals surface area (Å²) in [7, 11) is 0. The summed E-state index contributed by atoms with van der Waals surface area (Å²) in [6, 6.07) is 3.35. The molecule has 142 valence electrons. The number of nitrogens with one attached hydrogen (secondary N) is 1. The van der Waals surface area contributed by atoms with Crippen LogP contribution in [0.5, 0.6) is 11.5 Å². The van der Waals surface area contributed by atoms with E-state index in [2.05, 4.69) is 24.3 Å². The van der Waals surface area contributed by atoms with E-state index in [1.165, 1.54) is 0 Å². The lowest BCUT2D eigenvalue weighted by atomic mass is 10.1. The highest BCUT2D eigenvalue weighted by Crippen LogP contribution is 2.38. The molecular weight excluding hydrogens is 356 g/mol. The maximum Gasteiger partial charge on any atom is 0.231 e. The monoisotopic (exact) mass is 380 g/mol. The molecule has 0 spiro atoms. The highest BCUT2D eigenvalue weighted by atomic mass is 35.5. The molecule has 2 aromatic rings. The van der Waals surface area contributed by atoms with E-state index >= 15 is 0 Å². The summed E-state index contributed by atoms with van der Waals surface area (Å²) in [5, 5.41) is 7.41. The van der Waals surface area contributed by atoms with Crippen LogP contribution in [0.2, 0.25) is 0 Å². The third-order valence-corrected chi connectivity index (χ3v) is 4.23. The van der Waals surface area contributed by atoms with Crippen LogP contribution in [0.1, 0.15) is 30.8 Å². The second kappa shape index (κ2) is 7.86. The number of rotatable bonds is 5. The minimum atomic E-state index is -0.138. The number of halogens is 1. The van der Waals surface area contributed by atoms with Gasteiger partial charge in [-0.25, -0.2) is 0 Å². The molecule has 1 aliphatic rings. The highest BCUT2D eigenvalue weighted by Gasteiger charge is 2.19. The van der Waals surface area contributed by atoms with Crippen LogP contribution >= 0.6 is 12.4 Å². The van der Waals surface area contributed by atoms with Gasteiger partial charge in [-0.2, -0.15) is 5.10 Å². The van der Waals surface area contributed by atoms with Crippen LogP contribution in [0.15, 0.2) is 12.1 Å². The summed E-state index contributed by atoms with van der Waals surface area (Å²) in [5.74, 6) is 1.53. The molecule has 0 radical (unpaired) electrons. The number of fused-ring (bicyclic) bond motifs is 1. The van der Waals surface area contributed by atoms with Crippen molar-refractivity contribution in [1.29, 1.82) is 0 Å². The average molecular weight is 381 g/mol. The molecule has 0 bridgehead atoms. The van der Waals surface area contributed by atoms with Crippen LogP contribution < -0.4 is 20.5 Å². The van der Waals surface area contributed by atoms with Crippen molar-refractivity contribution in [2.24, 2.45) is 5.92 Å². The predicted molar refractivity (Wildman–Crippen MR) is 103 cm³/mol. The number of ether oxygens (including phenoxy) is 2. The van der Waals surface area contributed by atoms with E-state index in [1.54, 1.807) is 12.1 Å². The Bertz CT molecular complexity index is 817. The van der Waals surface area contributed by atoms with Crippen LogP contribution in [-0.4, -0.2) is 22.5 Å². The third-order valence-electron chi connectivity index (χ3n) is 4.23. The summed E-state index contributed by atoms with van der Waals surface area (Å²) in [6.45, 7) is 9.22. The zero-order valence-electron chi connectivity index (χ0n) is 15.5. The topological polar surface area (TPSA) is 91.4 Å². The average Bonchev–Trinajstić information content (AvgIpc) is 3.07. The van der Waals surface area contributed by atoms with Gasteiger partial charge in [0.1, 0.15) is 0 Å². The standard InChI is InChI=1S/C18H24N4O3.ClH/c1-10(2)8-22-12(4)13(11(3)21-22)5-18(23)20-15-7-17-16(6-14(15)19)24-9-25-17;/h6-7,10H,5,8-9,19H2,1-4H3,(H,20,23);1H. The summed E-state index contributed by atoms with van der Waals surface area (Å²) in [4.78, 5) is 12.5. The molecule has 1 aromatic carbocycles. The lowest BCUT2D eigenvalue weighted by molar-refractivity contribution is -0.115. The van der Waals surface area contributed by atoms with Gasteiger partial charge in [0.2, 0.25) is 12.7 Å². The molecule has 0 fully saturated rings. The number of hydrogen-bond acceptors (Lipinski definition) is 5. The molecule has 1 amide bonds. The number of nitrogen functional groups attached to an aromatic ring is 1. The van der Waals surface area contributed by atoms with Gasteiger partial charge in [-0.3, -0.25) is 9.48 Å². The molecule has 0 aliphatic carbocycles. The molecule has 3 N–H and O–H groups in total. The third kappa shape index (κ3) is 4.04. The fourth-order valence-corrected chi connectivity index (χ4v) is 2.93. The Kier molecular flexibility index (Phi) is 6.02. The van der Waals surface area contributed by atoms with Crippen LogP contribution in [0.3, 0.4) is 0 Å². The van der Waals surface area contributed by atoms with Crippen molar-refractivity contribution in [1.82, 2.24) is 9.78 Å².